The van der Waals surface area contributed by atoms with Gasteiger partial charge in [-0.1, -0.05) is 13.8 Å². The molecule has 0 spiro atoms. The minimum absolute atomic E-state index is 0.370. The molecule has 0 aliphatic heterocycles. The van der Waals surface area contributed by atoms with Gasteiger partial charge < -0.3 is 0 Å². The number of nitrogens with zero attached hydrogens (tertiary/aromatic N) is 3. The molecule has 0 atom stereocenters. The predicted octanol–water partition coefficient (Wildman–Crippen LogP) is 1.47. The summed E-state index contributed by atoms with van der Waals surface area (Å²) in [4.78, 5) is 0. The minimum atomic E-state index is 0.370. The van der Waals surface area contributed by atoms with Crippen molar-refractivity contribution in [2.45, 2.75) is 19.8 Å². The first-order chi connectivity index (χ1) is 5.24. The molecule has 0 bridgehead atoms. The predicted molar refractivity (Wildman–Crippen MR) is 40.8 cm³/mol. The summed E-state index contributed by atoms with van der Waals surface area (Å²) in [6, 6.07) is 5.43. The van der Waals surface area contributed by atoms with Crippen LogP contribution in [0.3, 0.4) is 0 Å². The lowest BCUT2D eigenvalue weighted by Crippen LogP contribution is -1.95. The minimum Gasteiger partial charge on any atom is -0.191 e. The van der Waals surface area contributed by atoms with Crippen LogP contribution in [0.2, 0.25) is 0 Å². The SMILES string of the molecule is CC(C)c1ccc(C#N)nn1. The smallest absolute Gasteiger partial charge is 0.163 e. The number of hydrogen-bond donors (Lipinski definition) is 0. The van der Waals surface area contributed by atoms with E-state index in [1.165, 1.54) is 0 Å². The molecule has 1 aromatic heterocycles. The first-order valence-corrected chi connectivity index (χ1v) is 3.47. The molecule has 0 fully saturated rings. The van der Waals surface area contributed by atoms with E-state index in [1.807, 2.05) is 26.0 Å². The average Bonchev–Trinajstić information content (AvgIpc) is 2.05. The van der Waals surface area contributed by atoms with Crippen LogP contribution in [0, 0.1) is 11.3 Å². The fourth-order valence-corrected chi connectivity index (χ4v) is 0.710. The number of hydrogen-bond acceptors (Lipinski definition) is 3. The topological polar surface area (TPSA) is 49.6 Å². The van der Waals surface area contributed by atoms with Gasteiger partial charge in [0.25, 0.3) is 0 Å². The Bertz CT molecular complexity index is 268. The van der Waals surface area contributed by atoms with E-state index < -0.39 is 0 Å². The highest BCUT2D eigenvalue weighted by Crippen LogP contribution is 2.08. The zero-order valence-electron chi connectivity index (χ0n) is 6.57. The van der Waals surface area contributed by atoms with Gasteiger partial charge in [-0.15, -0.1) is 5.10 Å². The van der Waals surface area contributed by atoms with Crippen LogP contribution in [0.4, 0.5) is 0 Å². The highest BCUT2D eigenvalue weighted by molar-refractivity contribution is 5.19. The maximum Gasteiger partial charge on any atom is 0.163 e. The van der Waals surface area contributed by atoms with Crippen molar-refractivity contribution < 1.29 is 0 Å². The fraction of sp³-hybridized carbons (Fsp3) is 0.375. The number of aromatic nitrogens is 2. The van der Waals surface area contributed by atoms with Gasteiger partial charge in [0.15, 0.2) is 5.69 Å². The molecular formula is C8H9N3. The van der Waals surface area contributed by atoms with E-state index in [4.69, 9.17) is 5.26 Å². The zero-order valence-corrected chi connectivity index (χ0v) is 6.57. The molecule has 0 unspecified atom stereocenters. The maximum atomic E-state index is 8.41. The van der Waals surface area contributed by atoms with Gasteiger partial charge in [0.2, 0.25) is 0 Å². The summed E-state index contributed by atoms with van der Waals surface area (Å²) in [6.07, 6.45) is 0. The highest BCUT2D eigenvalue weighted by Gasteiger charge is 2.00. The van der Waals surface area contributed by atoms with E-state index in [2.05, 4.69) is 10.2 Å². The molecule has 56 valence electrons. The highest BCUT2D eigenvalue weighted by atomic mass is 15.1. The van der Waals surface area contributed by atoms with E-state index in [9.17, 15) is 0 Å². The third kappa shape index (κ3) is 1.74. The molecule has 0 aliphatic carbocycles. The average molecular weight is 147 g/mol. The van der Waals surface area contributed by atoms with Crippen molar-refractivity contribution in [2.75, 3.05) is 0 Å². The first kappa shape index (κ1) is 7.67. The standard InChI is InChI=1S/C8H9N3/c1-6(2)8-4-3-7(5-9)10-11-8/h3-4,6H,1-2H3. The summed E-state index contributed by atoms with van der Waals surface area (Å²) >= 11 is 0. The van der Waals surface area contributed by atoms with Crippen LogP contribution in [0.15, 0.2) is 12.1 Å². The van der Waals surface area contributed by atoms with Crippen LogP contribution in [0.5, 0.6) is 0 Å². The lowest BCUT2D eigenvalue weighted by molar-refractivity contribution is 0.782. The first-order valence-electron chi connectivity index (χ1n) is 3.47. The molecule has 0 amide bonds. The monoisotopic (exact) mass is 147 g/mol. The van der Waals surface area contributed by atoms with Crippen molar-refractivity contribution in [3.8, 4) is 6.07 Å². The fourth-order valence-electron chi connectivity index (χ4n) is 0.710. The number of rotatable bonds is 1. The van der Waals surface area contributed by atoms with Gasteiger partial charge in [0.1, 0.15) is 6.07 Å². The van der Waals surface area contributed by atoms with Crippen LogP contribution in [0.25, 0.3) is 0 Å². The third-order valence-corrected chi connectivity index (χ3v) is 1.39. The second kappa shape index (κ2) is 3.11. The molecule has 3 nitrogen and oxygen atoms in total. The molecule has 1 aromatic rings. The van der Waals surface area contributed by atoms with Gasteiger partial charge in [0.05, 0.1) is 5.69 Å². The normalized spacial score (nSPS) is 9.64. The Morgan fingerprint density at radius 2 is 2.09 bits per heavy atom. The Morgan fingerprint density at radius 1 is 1.36 bits per heavy atom. The summed E-state index contributed by atoms with van der Waals surface area (Å²) in [5.41, 5.74) is 1.29. The van der Waals surface area contributed by atoms with Crippen molar-refractivity contribution in [3.05, 3.63) is 23.5 Å². The van der Waals surface area contributed by atoms with Crippen LogP contribution in [-0.4, -0.2) is 10.2 Å². The third-order valence-electron chi connectivity index (χ3n) is 1.39. The molecule has 1 heterocycles. The Hall–Kier alpha value is -1.43. The van der Waals surface area contributed by atoms with Crippen molar-refractivity contribution in [1.29, 1.82) is 5.26 Å². The molecule has 0 N–H and O–H groups in total. The number of nitriles is 1. The Labute approximate surface area is 65.7 Å². The molecule has 0 radical (unpaired) electrons. The van der Waals surface area contributed by atoms with E-state index in [0.29, 0.717) is 11.6 Å². The molecule has 0 aliphatic rings. The quantitative estimate of drug-likeness (QED) is 0.604. The Balaban J connectivity index is 2.94. The van der Waals surface area contributed by atoms with Crippen molar-refractivity contribution >= 4 is 0 Å². The van der Waals surface area contributed by atoms with Crippen LogP contribution >= 0.6 is 0 Å². The summed E-state index contributed by atoms with van der Waals surface area (Å²) in [5.74, 6) is 0.371. The van der Waals surface area contributed by atoms with Gasteiger partial charge >= 0.3 is 0 Å². The molecule has 0 aromatic carbocycles. The van der Waals surface area contributed by atoms with E-state index >= 15 is 0 Å². The van der Waals surface area contributed by atoms with E-state index in [1.54, 1.807) is 6.07 Å². The largest absolute Gasteiger partial charge is 0.191 e. The van der Waals surface area contributed by atoms with E-state index in [0.717, 1.165) is 5.69 Å². The lowest BCUT2D eigenvalue weighted by Gasteiger charge is -2.00. The van der Waals surface area contributed by atoms with E-state index in [-0.39, 0.29) is 0 Å². The van der Waals surface area contributed by atoms with Gasteiger partial charge in [-0.25, -0.2) is 0 Å². The maximum absolute atomic E-state index is 8.41. The molecule has 0 saturated carbocycles. The van der Waals surface area contributed by atoms with Crippen molar-refractivity contribution in [3.63, 3.8) is 0 Å². The summed E-state index contributed by atoms with van der Waals surface area (Å²) in [5, 5.41) is 16.0. The summed E-state index contributed by atoms with van der Waals surface area (Å²) < 4.78 is 0. The van der Waals surface area contributed by atoms with Gasteiger partial charge in [-0.05, 0) is 18.1 Å². The van der Waals surface area contributed by atoms with Crippen molar-refractivity contribution in [1.82, 2.24) is 10.2 Å². The van der Waals surface area contributed by atoms with Gasteiger partial charge in [0, 0.05) is 0 Å². The van der Waals surface area contributed by atoms with Crippen molar-refractivity contribution in [2.24, 2.45) is 0 Å². The molecule has 0 saturated heterocycles. The van der Waals surface area contributed by atoms with Gasteiger partial charge in [-0.2, -0.15) is 10.4 Å². The Kier molecular flexibility index (Phi) is 2.17. The molecular weight excluding hydrogens is 138 g/mol. The second-order valence-corrected chi connectivity index (χ2v) is 2.61. The summed E-state index contributed by atoms with van der Waals surface area (Å²) in [7, 11) is 0. The van der Waals surface area contributed by atoms with Gasteiger partial charge in [-0.3, -0.25) is 0 Å². The van der Waals surface area contributed by atoms with Crippen LogP contribution in [-0.2, 0) is 0 Å². The van der Waals surface area contributed by atoms with Crippen LogP contribution < -0.4 is 0 Å². The second-order valence-electron chi connectivity index (χ2n) is 2.61. The molecule has 11 heavy (non-hydrogen) atoms. The Morgan fingerprint density at radius 3 is 2.45 bits per heavy atom. The lowest BCUT2D eigenvalue weighted by atomic mass is 10.1. The molecule has 1 rings (SSSR count). The zero-order chi connectivity index (χ0) is 8.27. The summed E-state index contributed by atoms with van der Waals surface area (Å²) in [6.45, 7) is 4.08. The molecule has 3 heteroatoms. The van der Waals surface area contributed by atoms with Crippen LogP contribution in [0.1, 0.15) is 31.2 Å².